The van der Waals surface area contributed by atoms with Crippen LogP contribution in [0.1, 0.15) is 51.9 Å². The Bertz CT molecular complexity index is 270. The van der Waals surface area contributed by atoms with Crippen LogP contribution in [0, 0.1) is 0 Å². The summed E-state index contributed by atoms with van der Waals surface area (Å²) in [5, 5.41) is 4.92. The van der Waals surface area contributed by atoms with Crippen LogP contribution >= 0.6 is 11.8 Å². The van der Waals surface area contributed by atoms with E-state index in [1.807, 2.05) is 0 Å². The van der Waals surface area contributed by atoms with Gasteiger partial charge in [0.15, 0.2) is 0 Å². The molecule has 0 aromatic heterocycles. The van der Waals surface area contributed by atoms with Gasteiger partial charge in [0, 0.05) is 29.4 Å². The second-order valence-corrected chi connectivity index (χ2v) is 7.93. The minimum atomic E-state index is 0.807. The normalized spacial score (nSPS) is 44.7. The zero-order valence-corrected chi connectivity index (χ0v) is 12.7. The highest BCUT2D eigenvalue weighted by Crippen LogP contribution is 2.36. The number of rotatable bonds is 4. The van der Waals surface area contributed by atoms with Crippen LogP contribution in [-0.4, -0.2) is 47.1 Å². The van der Waals surface area contributed by atoms with Crippen LogP contribution in [0.15, 0.2) is 0 Å². The van der Waals surface area contributed by atoms with Crippen LogP contribution in [0.3, 0.4) is 0 Å². The van der Waals surface area contributed by atoms with Crippen LogP contribution in [-0.2, 0) is 0 Å². The van der Waals surface area contributed by atoms with Gasteiger partial charge in [-0.05, 0) is 51.3 Å². The Kier molecular flexibility index (Phi) is 4.21. The van der Waals surface area contributed by atoms with Crippen molar-refractivity contribution >= 4 is 11.8 Å². The molecule has 2 aliphatic heterocycles. The van der Waals surface area contributed by atoms with E-state index in [0.717, 1.165) is 29.4 Å². The van der Waals surface area contributed by atoms with Crippen LogP contribution in [0.2, 0.25) is 0 Å². The molecule has 2 nitrogen and oxygen atoms in total. The van der Waals surface area contributed by atoms with Crippen molar-refractivity contribution < 1.29 is 0 Å². The first-order valence-corrected chi connectivity index (χ1v) is 8.92. The molecule has 4 atom stereocenters. The molecule has 3 heteroatoms. The summed E-state index contributed by atoms with van der Waals surface area (Å²) in [5.74, 6) is 1.28. The maximum atomic E-state index is 4.03. The molecule has 1 aliphatic carbocycles. The first-order chi connectivity index (χ1) is 8.78. The summed E-state index contributed by atoms with van der Waals surface area (Å²) in [7, 11) is 2.34. The maximum absolute atomic E-state index is 4.03. The van der Waals surface area contributed by atoms with Gasteiger partial charge < -0.3 is 10.2 Å². The Labute approximate surface area is 116 Å². The molecule has 18 heavy (non-hydrogen) atoms. The fraction of sp³-hybridized carbons (Fsp3) is 1.00. The number of hydrogen-bond donors (Lipinski definition) is 1. The van der Waals surface area contributed by atoms with Crippen molar-refractivity contribution in [1.82, 2.24) is 10.2 Å². The zero-order chi connectivity index (χ0) is 12.5. The lowest BCUT2D eigenvalue weighted by Crippen LogP contribution is -2.51. The summed E-state index contributed by atoms with van der Waals surface area (Å²) in [6, 6.07) is 3.37. The van der Waals surface area contributed by atoms with Gasteiger partial charge in [-0.2, -0.15) is 11.8 Å². The Balaban J connectivity index is 1.54. The summed E-state index contributed by atoms with van der Waals surface area (Å²) in [5.41, 5.74) is 0. The van der Waals surface area contributed by atoms with E-state index in [1.54, 1.807) is 0 Å². The molecule has 1 saturated carbocycles. The summed E-state index contributed by atoms with van der Waals surface area (Å²) in [6.07, 6.45) is 9.97. The van der Waals surface area contributed by atoms with Gasteiger partial charge in [0.25, 0.3) is 0 Å². The smallest absolute Gasteiger partial charge is 0.0201 e. The van der Waals surface area contributed by atoms with Gasteiger partial charge in [-0.25, -0.2) is 0 Å². The average Bonchev–Trinajstić information content (AvgIpc) is 2.84. The molecule has 0 amide bonds. The van der Waals surface area contributed by atoms with Crippen molar-refractivity contribution in [1.29, 1.82) is 0 Å². The standard InChI is InChI=1S/C15H28N2S/c1-3-18-15-6-4-5-14(15)16-11-9-12-7-8-13(10-11)17(12)2/h11-16H,3-10H2,1-2H3. The minimum absolute atomic E-state index is 0.807. The van der Waals surface area contributed by atoms with Gasteiger partial charge in [0.05, 0.1) is 0 Å². The van der Waals surface area contributed by atoms with E-state index in [0.29, 0.717) is 0 Å². The Morgan fingerprint density at radius 1 is 1.11 bits per heavy atom. The number of nitrogens with zero attached hydrogens (tertiary/aromatic N) is 1. The monoisotopic (exact) mass is 268 g/mol. The molecular formula is C15H28N2S. The van der Waals surface area contributed by atoms with E-state index in [-0.39, 0.29) is 0 Å². The SMILES string of the molecule is CCSC1CCCC1NC1CC2CCC(C1)N2C. The van der Waals surface area contributed by atoms with Crippen molar-refractivity contribution in [2.24, 2.45) is 0 Å². The Hall–Kier alpha value is 0.270. The van der Waals surface area contributed by atoms with Gasteiger partial charge in [-0.3, -0.25) is 0 Å². The van der Waals surface area contributed by atoms with Crippen LogP contribution in [0.4, 0.5) is 0 Å². The lowest BCUT2D eigenvalue weighted by Gasteiger charge is -2.38. The quantitative estimate of drug-likeness (QED) is 0.844. The van der Waals surface area contributed by atoms with Gasteiger partial charge >= 0.3 is 0 Å². The lowest BCUT2D eigenvalue weighted by atomic mass is 9.97. The summed E-state index contributed by atoms with van der Waals surface area (Å²) < 4.78 is 0. The second kappa shape index (κ2) is 5.72. The third-order valence-corrected chi connectivity index (χ3v) is 6.71. The molecule has 2 heterocycles. The molecule has 0 aromatic rings. The van der Waals surface area contributed by atoms with Crippen LogP contribution < -0.4 is 5.32 Å². The summed E-state index contributed by atoms with van der Waals surface area (Å²) >= 11 is 2.18. The van der Waals surface area contributed by atoms with Gasteiger partial charge in [0.2, 0.25) is 0 Å². The van der Waals surface area contributed by atoms with Gasteiger partial charge in [-0.15, -0.1) is 0 Å². The van der Waals surface area contributed by atoms with E-state index in [4.69, 9.17) is 0 Å². The molecule has 0 spiro atoms. The molecule has 2 saturated heterocycles. The Morgan fingerprint density at radius 3 is 2.50 bits per heavy atom. The number of fused-ring (bicyclic) bond motifs is 2. The predicted octanol–water partition coefficient (Wildman–Crippen LogP) is 2.88. The van der Waals surface area contributed by atoms with Crippen molar-refractivity contribution in [2.45, 2.75) is 81.3 Å². The van der Waals surface area contributed by atoms with Crippen molar-refractivity contribution in [3.05, 3.63) is 0 Å². The third kappa shape index (κ3) is 2.59. The predicted molar refractivity (Wildman–Crippen MR) is 80.3 cm³/mol. The molecule has 3 aliphatic rings. The van der Waals surface area contributed by atoms with Crippen molar-refractivity contribution in [3.8, 4) is 0 Å². The molecule has 0 aromatic carbocycles. The molecule has 0 radical (unpaired) electrons. The lowest BCUT2D eigenvalue weighted by molar-refractivity contribution is 0.143. The molecule has 2 bridgehead atoms. The van der Waals surface area contributed by atoms with Crippen LogP contribution in [0.5, 0.6) is 0 Å². The van der Waals surface area contributed by atoms with E-state index in [9.17, 15) is 0 Å². The van der Waals surface area contributed by atoms with Gasteiger partial charge in [-0.1, -0.05) is 13.3 Å². The highest BCUT2D eigenvalue weighted by Gasteiger charge is 2.39. The number of thioether (sulfide) groups is 1. The molecule has 3 fully saturated rings. The minimum Gasteiger partial charge on any atom is -0.310 e. The fourth-order valence-corrected chi connectivity index (χ4v) is 5.59. The zero-order valence-electron chi connectivity index (χ0n) is 11.9. The highest BCUT2D eigenvalue weighted by atomic mass is 32.2. The maximum Gasteiger partial charge on any atom is 0.0201 e. The molecule has 1 N–H and O–H groups in total. The van der Waals surface area contributed by atoms with Crippen molar-refractivity contribution in [3.63, 3.8) is 0 Å². The second-order valence-electron chi connectivity index (χ2n) is 6.42. The van der Waals surface area contributed by atoms with Crippen LogP contribution in [0.25, 0.3) is 0 Å². The molecule has 4 unspecified atom stereocenters. The third-order valence-electron chi connectivity index (χ3n) is 5.38. The number of nitrogens with one attached hydrogen (secondary N) is 1. The van der Waals surface area contributed by atoms with Crippen molar-refractivity contribution in [2.75, 3.05) is 12.8 Å². The van der Waals surface area contributed by atoms with E-state index >= 15 is 0 Å². The van der Waals surface area contributed by atoms with E-state index in [2.05, 4.69) is 35.9 Å². The first kappa shape index (κ1) is 13.3. The highest BCUT2D eigenvalue weighted by molar-refractivity contribution is 7.99. The van der Waals surface area contributed by atoms with E-state index in [1.165, 1.54) is 50.7 Å². The molecule has 104 valence electrons. The number of hydrogen-bond acceptors (Lipinski definition) is 3. The average molecular weight is 268 g/mol. The topological polar surface area (TPSA) is 15.3 Å². The first-order valence-electron chi connectivity index (χ1n) is 7.87. The largest absolute Gasteiger partial charge is 0.310 e. The number of piperidine rings is 1. The fourth-order valence-electron chi connectivity index (χ4n) is 4.38. The van der Waals surface area contributed by atoms with Gasteiger partial charge in [0.1, 0.15) is 0 Å². The molecular weight excluding hydrogens is 240 g/mol. The molecule has 3 rings (SSSR count). The summed E-state index contributed by atoms with van der Waals surface area (Å²) in [6.45, 7) is 2.30. The Morgan fingerprint density at radius 2 is 1.83 bits per heavy atom. The summed E-state index contributed by atoms with van der Waals surface area (Å²) in [4.78, 5) is 2.64. The van der Waals surface area contributed by atoms with E-state index < -0.39 is 0 Å².